The van der Waals surface area contributed by atoms with E-state index in [-0.39, 0.29) is 12.1 Å². The van der Waals surface area contributed by atoms with Crippen molar-refractivity contribution in [3.63, 3.8) is 0 Å². The molecule has 6 nitrogen and oxygen atoms in total. The average Bonchev–Trinajstić information content (AvgIpc) is 2.52. The largest absolute Gasteiger partial charge is 0.479 e. The number of nitrogens with one attached hydrogen (secondary N) is 1. The first-order chi connectivity index (χ1) is 10.1. The second-order valence-corrected chi connectivity index (χ2v) is 4.96. The topological polar surface area (TPSA) is 78.9 Å². The van der Waals surface area contributed by atoms with Crippen molar-refractivity contribution < 1.29 is 19.4 Å². The summed E-state index contributed by atoms with van der Waals surface area (Å²) in [4.78, 5) is 25.4. The maximum atomic E-state index is 12.4. The van der Waals surface area contributed by atoms with Crippen molar-refractivity contribution in [3.8, 4) is 0 Å². The Hall–Kier alpha value is -2.08. The predicted molar refractivity (Wildman–Crippen MR) is 77.0 cm³/mol. The van der Waals surface area contributed by atoms with Gasteiger partial charge in [0.1, 0.15) is 0 Å². The van der Waals surface area contributed by atoms with Crippen LogP contribution in [0.2, 0.25) is 0 Å². The Bertz CT molecular complexity index is 492. The fraction of sp³-hybridized carbons (Fsp3) is 0.467. The van der Waals surface area contributed by atoms with E-state index in [0.717, 1.165) is 6.42 Å². The molecule has 2 rings (SSSR count). The molecule has 1 aromatic rings. The average molecular weight is 292 g/mol. The summed E-state index contributed by atoms with van der Waals surface area (Å²) in [5.74, 6) is -1.07. The number of hydrogen-bond acceptors (Lipinski definition) is 3. The molecule has 1 fully saturated rings. The van der Waals surface area contributed by atoms with E-state index in [0.29, 0.717) is 25.3 Å². The van der Waals surface area contributed by atoms with Gasteiger partial charge in [-0.2, -0.15) is 0 Å². The van der Waals surface area contributed by atoms with Gasteiger partial charge in [-0.25, -0.2) is 9.59 Å². The molecule has 2 atom stereocenters. The van der Waals surface area contributed by atoms with Crippen LogP contribution < -0.4 is 5.32 Å². The van der Waals surface area contributed by atoms with Crippen molar-refractivity contribution in [2.75, 3.05) is 19.8 Å². The molecule has 0 saturated carbocycles. The normalized spacial score (nSPS) is 19.9. The standard InChI is InChI=1S/C15H20N2O4/c1-2-12-10-21-9-8-17(12)15(20)16-13(14(18)19)11-6-4-3-5-7-11/h3-7,12-13H,2,8-10H2,1H3,(H,16,20)(H,18,19). The number of nitrogens with zero attached hydrogens (tertiary/aromatic N) is 1. The highest BCUT2D eigenvalue weighted by atomic mass is 16.5. The van der Waals surface area contributed by atoms with Crippen molar-refractivity contribution in [2.45, 2.75) is 25.4 Å². The molecule has 2 unspecified atom stereocenters. The van der Waals surface area contributed by atoms with E-state index >= 15 is 0 Å². The molecular weight excluding hydrogens is 272 g/mol. The van der Waals surface area contributed by atoms with E-state index in [1.54, 1.807) is 35.2 Å². The first-order valence-corrected chi connectivity index (χ1v) is 7.06. The van der Waals surface area contributed by atoms with Gasteiger partial charge in [-0.05, 0) is 12.0 Å². The molecular formula is C15H20N2O4. The third-order valence-electron chi connectivity index (χ3n) is 3.61. The number of benzene rings is 1. The van der Waals surface area contributed by atoms with E-state index in [4.69, 9.17) is 4.74 Å². The Morgan fingerprint density at radius 2 is 2.14 bits per heavy atom. The lowest BCUT2D eigenvalue weighted by atomic mass is 10.1. The van der Waals surface area contributed by atoms with Gasteiger partial charge >= 0.3 is 12.0 Å². The van der Waals surface area contributed by atoms with E-state index in [1.165, 1.54) is 0 Å². The second kappa shape index (κ2) is 7.08. The highest BCUT2D eigenvalue weighted by Gasteiger charge is 2.29. The lowest BCUT2D eigenvalue weighted by Gasteiger charge is -2.35. The van der Waals surface area contributed by atoms with Crippen LogP contribution in [0.1, 0.15) is 24.9 Å². The van der Waals surface area contributed by atoms with Gasteiger partial charge in [-0.3, -0.25) is 0 Å². The zero-order chi connectivity index (χ0) is 15.2. The molecule has 0 aromatic heterocycles. The highest BCUT2D eigenvalue weighted by molar-refractivity contribution is 5.83. The Morgan fingerprint density at radius 1 is 1.43 bits per heavy atom. The molecule has 0 aliphatic carbocycles. The van der Waals surface area contributed by atoms with E-state index < -0.39 is 12.0 Å². The van der Waals surface area contributed by atoms with E-state index in [9.17, 15) is 14.7 Å². The monoisotopic (exact) mass is 292 g/mol. The number of carboxylic acid groups (broad SMARTS) is 1. The number of ether oxygens (including phenoxy) is 1. The van der Waals surface area contributed by atoms with Crippen LogP contribution in [0.15, 0.2) is 30.3 Å². The van der Waals surface area contributed by atoms with Crippen molar-refractivity contribution in [1.82, 2.24) is 10.2 Å². The highest BCUT2D eigenvalue weighted by Crippen LogP contribution is 2.16. The molecule has 1 aliphatic heterocycles. The quantitative estimate of drug-likeness (QED) is 0.884. The van der Waals surface area contributed by atoms with Crippen LogP contribution in [0.3, 0.4) is 0 Å². The van der Waals surface area contributed by atoms with Crippen LogP contribution in [-0.2, 0) is 9.53 Å². The molecule has 0 radical (unpaired) electrons. The zero-order valence-electron chi connectivity index (χ0n) is 12.0. The molecule has 0 spiro atoms. The van der Waals surface area contributed by atoms with Gasteiger partial charge in [0.25, 0.3) is 0 Å². The van der Waals surface area contributed by atoms with Gasteiger partial charge < -0.3 is 20.1 Å². The molecule has 1 aliphatic rings. The third-order valence-corrected chi connectivity index (χ3v) is 3.61. The SMILES string of the molecule is CCC1COCCN1C(=O)NC(C(=O)O)c1ccccc1. The van der Waals surface area contributed by atoms with Gasteiger partial charge in [0.2, 0.25) is 0 Å². The number of carbonyl (C=O) groups excluding carboxylic acids is 1. The van der Waals surface area contributed by atoms with E-state index in [1.807, 2.05) is 6.92 Å². The number of aliphatic carboxylic acids is 1. The van der Waals surface area contributed by atoms with Crippen LogP contribution in [0, 0.1) is 0 Å². The fourth-order valence-corrected chi connectivity index (χ4v) is 2.40. The lowest BCUT2D eigenvalue weighted by molar-refractivity contribution is -0.139. The van der Waals surface area contributed by atoms with Crippen LogP contribution in [0.4, 0.5) is 4.79 Å². The van der Waals surface area contributed by atoms with E-state index in [2.05, 4.69) is 5.32 Å². The predicted octanol–water partition coefficient (Wildman–Crippen LogP) is 1.63. The minimum absolute atomic E-state index is 0.0102. The summed E-state index contributed by atoms with van der Waals surface area (Å²) in [6.07, 6.45) is 0.774. The smallest absolute Gasteiger partial charge is 0.330 e. The van der Waals surface area contributed by atoms with Crippen molar-refractivity contribution in [2.24, 2.45) is 0 Å². The minimum Gasteiger partial charge on any atom is -0.479 e. The molecule has 2 amide bonds. The number of urea groups is 1. The number of amides is 2. The molecule has 2 N–H and O–H groups in total. The van der Waals surface area contributed by atoms with Crippen LogP contribution in [-0.4, -0.2) is 47.8 Å². The molecule has 21 heavy (non-hydrogen) atoms. The summed E-state index contributed by atoms with van der Waals surface area (Å²) in [5.41, 5.74) is 0.555. The summed E-state index contributed by atoms with van der Waals surface area (Å²) in [6, 6.07) is 7.27. The van der Waals surface area contributed by atoms with Gasteiger partial charge in [-0.1, -0.05) is 37.3 Å². The third kappa shape index (κ3) is 3.72. The van der Waals surface area contributed by atoms with Gasteiger partial charge in [0.15, 0.2) is 6.04 Å². The maximum absolute atomic E-state index is 12.4. The van der Waals surface area contributed by atoms with Gasteiger partial charge in [0.05, 0.1) is 19.3 Å². The number of carboxylic acids is 1. The molecule has 0 bridgehead atoms. The minimum atomic E-state index is -1.07. The molecule has 1 heterocycles. The molecule has 114 valence electrons. The molecule has 1 saturated heterocycles. The number of hydrogen-bond donors (Lipinski definition) is 2. The summed E-state index contributed by atoms with van der Waals surface area (Å²) >= 11 is 0. The molecule has 1 aromatic carbocycles. The fourth-order valence-electron chi connectivity index (χ4n) is 2.40. The van der Waals surface area contributed by atoms with Gasteiger partial charge in [0, 0.05) is 6.54 Å². The zero-order valence-corrected chi connectivity index (χ0v) is 12.0. The lowest BCUT2D eigenvalue weighted by Crippen LogP contribution is -2.53. The van der Waals surface area contributed by atoms with Crippen LogP contribution in [0.5, 0.6) is 0 Å². The number of morpholine rings is 1. The Balaban J connectivity index is 2.10. The Kier molecular flexibility index (Phi) is 5.16. The summed E-state index contributed by atoms with van der Waals surface area (Å²) in [7, 11) is 0. The Morgan fingerprint density at radius 3 is 2.76 bits per heavy atom. The molecule has 6 heteroatoms. The first kappa shape index (κ1) is 15.3. The van der Waals surface area contributed by atoms with Crippen molar-refractivity contribution in [1.29, 1.82) is 0 Å². The maximum Gasteiger partial charge on any atom is 0.330 e. The number of carbonyl (C=O) groups is 2. The summed E-state index contributed by atoms with van der Waals surface area (Å²) in [5, 5.41) is 11.9. The van der Waals surface area contributed by atoms with Crippen molar-refractivity contribution in [3.05, 3.63) is 35.9 Å². The van der Waals surface area contributed by atoms with Crippen LogP contribution in [0.25, 0.3) is 0 Å². The summed E-state index contributed by atoms with van der Waals surface area (Å²) < 4.78 is 5.35. The van der Waals surface area contributed by atoms with Crippen molar-refractivity contribution >= 4 is 12.0 Å². The van der Waals surface area contributed by atoms with Crippen LogP contribution >= 0.6 is 0 Å². The second-order valence-electron chi connectivity index (χ2n) is 4.96. The van der Waals surface area contributed by atoms with Gasteiger partial charge in [-0.15, -0.1) is 0 Å². The first-order valence-electron chi connectivity index (χ1n) is 7.06. The summed E-state index contributed by atoms with van der Waals surface area (Å²) in [6.45, 7) is 3.43. The Labute approximate surface area is 123 Å². The number of rotatable bonds is 4.